The van der Waals surface area contributed by atoms with Gasteiger partial charge >= 0.3 is 12.1 Å². The first kappa shape index (κ1) is 55.7. The van der Waals surface area contributed by atoms with Crippen LogP contribution in [0.15, 0.2) is 67.5 Å². The summed E-state index contributed by atoms with van der Waals surface area (Å²) in [5.41, 5.74) is 0.441. The minimum absolute atomic E-state index is 0.00515. The largest absolute Gasteiger partial charge is 0.458 e. The third kappa shape index (κ3) is 12.2. The van der Waals surface area contributed by atoms with Crippen molar-refractivity contribution < 1.29 is 52.9 Å². The Morgan fingerprint density at radius 2 is 1.72 bits per heavy atom. The number of amides is 1. The average molecular weight is 1030 g/mol. The van der Waals surface area contributed by atoms with Crippen LogP contribution in [0.25, 0.3) is 11.3 Å². The molecule has 3 saturated heterocycles. The van der Waals surface area contributed by atoms with Crippen molar-refractivity contribution in [3.63, 3.8) is 0 Å². The summed E-state index contributed by atoms with van der Waals surface area (Å²) in [6.07, 6.45) is 5.89. The molecule has 3 aliphatic heterocycles. The lowest BCUT2D eigenvalue weighted by Gasteiger charge is -2.47. The molecule has 1 aromatic carbocycles. The molecule has 402 valence electrons. The molecule has 21 heteroatoms. The molecule has 21 nitrogen and oxygen atoms in total. The van der Waals surface area contributed by atoms with E-state index in [1.165, 1.54) is 26.2 Å². The molecule has 0 spiro atoms. The maximum absolute atomic E-state index is 15.0. The van der Waals surface area contributed by atoms with E-state index >= 15 is 0 Å². The van der Waals surface area contributed by atoms with Crippen molar-refractivity contribution in [2.24, 2.45) is 23.7 Å². The molecule has 3 aliphatic rings. The Morgan fingerprint density at radius 3 is 2.39 bits per heavy atom. The van der Waals surface area contributed by atoms with Gasteiger partial charge in [0.1, 0.15) is 23.9 Å². The van der Waals surface area contributed by atoms with Crippen molar-refractivity contribution in [1.82, 2.24) is 39.3 Å². The molecular weight excluding hydrogens is 955 g/mol. The van der Waals surface area contributed by atoms with Gasteiger partial charge in [-0.3, -0.25) is 29.5 Å². The Morgan fingerprint density at radius 1 is 0.986 bits per heavy atom. The van der Waals surface area contributed by atoms with Crippen molar-refractivity contribution in [1.29, 1.82) is 0 Å². The number of pyridine rings is 1. The van der Waals surface area contributed by atoms with Gasteiger partial charge in [0.05, 0.1) is 53.0 Å². The first-order valence-corrected chi connectivity index (χ1v) is 25.7. The number of Topliss-reactive ketones (excluding diaryl/α,β-unsaturated/α-hetero) is 2. The second kappa shape index (κ2) is 23.7. The molecule has 0 unspecified atom stereocenters. The van der Waals surface area contributed by atoms with Crippen molar-refractivity contribution >= 4 is 29.3 Å². The monoisotopic (exact) mass is 1030 g/mol. The van der Waals surface area contributed by atoms with Gasteiger partial charge in [0, 0.05) is 99.4 Å². The number of carbonyl (C=O) groups excluding carboxylic acids is 4. The molecule has 74 heavy (non-hydrogen) atoms. The molecule has 1 N–H and O–H groups in total. The standard InChI is InChI=1S/C53H73N9O12/c1-11-43-53(8)47(61(51(67)74-53)23-13-12-22-59-30-41(55-31-59)38-15-14-21-54-27-38)34(4)44(63)32(2)26-52(7,70-10)48(35(5)45(64)36(6)49(66)72-43)73-50-46(65)42(25-33(3)71-50)58(9)24-20-39-29-60(57-56-39)28-37-16-18-40(19-17-37)62(68)69/h14-19,21,27,29-36,42-43,46-48,50,65H,11-13,20,22-26,28H2,1-10H3/t32-,33-,34+,35+,36-,42+,43-,46-,47-,48-,50+,52-,53-/m1/s1. The zero-order valence-corrected chi connectivity index (χ0v) is 44.2. The summed E-state index contributed by atoms with van der Waals surface area (Å²) in [4.78, 5) is 80.8. The Hall–Kier alpha value is -6.00. The number of rotatable bonds is 17. The Balaban J connectivity index is 1.07. The van der Waals surface area contributed by atoms with Crippen LogP contribution in [-0.4, -0.2) is 154 Å². The van der Waals surface area contributed by atoms with E-state index < -0.39 is 94.3 Å². The molecule has 6 heterocycles. The number of unbranched alkanes of at least 4 members (excludes halogenated alkanes) is 1. The number of esters is 1. The van der Waals surface area contributed by atoms with Gasteiger partial charge in [-0.05, 0) is 84.5 Å². The lowest BCUT2D eigenvalue weighted by Crippen LogP contribution is -2.60. The molecule has 0 radical (unpaired) electrons. The number of fused-ring (bicyclic) bond motifs is 1. The van der Waals surface area contributed by atoms with Gasteiger partial charge in [0.2, 0.25) is 0 Å². The third-order valence-corrected chi connectivity index (χ3v) is 15.5. The zero-order chi connectivity index (χ0) is 53.6. The van der Waals surface area contributed by atoms with Gasteiger partial charge in [0.15, 0.2) is 17.7 Å². The molecular formula is C53H73N9O12. The van der Waals surface area contributed by atoms with Gasteiger partial charge in [0.25, 0.3) is 5.69 Å². The van der Waals surface area contributed by atoms with Gasteiger partial charge in [-0.15, -0.1) is 5.10 Å². The number of likely N-dealkylation sites (N-methyl/N-ethyl adjacent to an activating group) is 1. The number of methoxy groups -OCH3 is 1. The Bertz CT molecular complexity index is 2580. The van der Waals surface area contributed by atoms with Crippen LogP contribution in [0.5, 0.6) is 0 Å². The van der Waals surface area contributed by atoms with Crippen LogP contribution in [0.3, 0.4) is 0 Å². The fourth-order valence-electron chi connectivity index (χ4n) is 11.3. The number of hydrogen-bond donors (Lipinski definition) is 1. The number of carbonyl (C=O) groups is 4. The summed E-state index contributed by atoms with van der Waals surface area (Å²) in [6, 6.07) is 8.76. The minimum Gasteiger partial charge on any atom is -0.458 e. The highest BCUT2D eigenvalue weighted by atomic mass is 16.7. The van der Waals surface area contributed by atoms with Crippen molar-refractivity contribution in [2.75, 3.05) is 27.2 Å². The average Bonchev–Trinajstić information content (AvgIpc) is 4.12. The summed E-state index contributed by atoms with van der Waals surface area (Å²) >= 11 is 0. The van der Waals surface area contributed by atoms with E-state index in [0.29, 0.717) is 51.0 Å². The highest BCUT2D eigenvalue weighted by Gasteiger charge is 2.60. The molecule has 4 aromatic rings. The van der Waals surface area contributed by atoms with Crippen molar-refractivity contribution in [3.05, 3.63) is 88.9 Å². The van der Waals surface area contributed by atoms with E-state index in [-0.39, 0.29) is 37.0 Å². The van der Waals surface area contributed by atoms with Crippen LogP contribution in [0, 0.1) is 33.8 Å². The van der Waals surface area contributed by atoms with E-state index in [0.717, 1.165) is 16.8 Å². The third-order valence-electron chi connectivity index (χ3n) is 15.5. The van der Waals surface area contributed by atoms with E-state index in [9.17, 15) is 34.4 Å². The summed E-state index contributed by atoms with van der Waals surface area (Å²) in [7, 11) is 3.37. The molecule has 0 saturated carbocycles. The van der Waals surface area contributed by atoms with Crippen LogP contribution < -0.4 is 0 Å². The molecule has 0 aliphatic carbocycles. The van der Waals surface area contributed by atoms with E-state index in [2.05, 4.69) is 20.3 Å². The number of aromatic nitrogens is 6. The Kier molecular flexibility index (Phi) is 17.8. The Labute approximate surface area is 432 Å². The summed E-state index contributed by atoms with van der Waals surface area (Å²) in [6.45, 7) is 15.6. The number of cyclic esters (lactones) is 1. The fourth-order valence-corrected chi connectivity index (χ4v) is 11.3. The zero-order valence-electron chi connectivity index (χ0n) is 44.2. The molecule has 13 atom stereocenters. The van der Waals surface area contributed by atoms with E-state index in [4.69, 9.17) is 23.7 Å². The number of nitrogens with zero attached hydrogens (tertiary/aromatic N) is 9. The van der Waals surface area contributed by atoms with Crippen LogP contribution in [-0.2, 0) is 57.6 Å². The van der Waals surface area contributed by atoms with E-state index in [1.807, 2.05) is 54.9 Å². The van der Waals surface area contributed by atoms with Crippen LogP contribution >= 0.6 is 0 Å². The first-order valence-electron chi connectivity index (χ1n) is 25.7. The molecule has 1 amide bonds. The lowest BCUT2D eigenvalue weighted by molar-refractivity contribution is -0.384. The highest BCUT2D eigenvalue weighted by Crippen LogP contribution is 2.43. The van der Waals surface area contributed by atoms with Gasteiger partial charge in [-0.1, -0.05) is 45.0 Å². The number of benzene rings is 1. The molecule has 3 aromatic heterocycles. The predicted octanol–water partition coefficient (Wildman–Crippen LogP) is 6.09. The van der Waals surface area contributed by atoms with Crippen LogP contribution in [0.4, 0.5) is 10.5 Å². The lowest BCUT2D eigenvalue weighted by atomic mass is 9.73. The van der Waals surface area contributed by atoms with Crippen LogP contribution in [0.1, 0.15) is 98.8 Å². The number of aliphatic hydroxyl groups is 1. The number of nitro groups is 1. The summed E-state index contributed by atoms with van der Waals surface area (Å²) in [5.74, 6) is -5.33. The second-order valence-corrected chi connectivity index (χ2v) is 20.9. The second-order valence-electron chi connectivity index (χ2n) is 20.9. The number of aliphatic hydroxyl groups excluding tert-OH is 1. The molecule has 3 fully saturated rings. The minimum atomic E-state index is -1.45. The van der Waals surface area contributed by atoms with Gasteiger partial charge in [-0.2, -0.15) is 0 Å². The van der Waals surface area contributed by atoms with Gasteiger partial charge in [-0.25, -0.2) is 14.5 Å². The topological polar surface area (TPSA) is 246 Å². The van der Waals surface area contributed by atoms with Crippen molar-refractivity contribution in [3.8, 4) is 11.3 Å². The molecule has 0 bridgehead atoms. The summed E-state index contributed by atoms with van der Waals surface area (Å²) in [5, 5.41) is 31.7. The van der Waals surface area contributed by atoms with Gasteiger partial charge < -0.3 is 43.2 Å². The fraction of sp³-hybridized carbons (Fsp3) is 0.623. The van der Waals surface area contributed by atoms with Crippen molar-refractivity contribution in [2.45, 2.75) is 161 Å². The quantitative estimate of drug-likeness (QED) is 0.0413. The van der Waals surface area contributed by atoms with E-state index in [1.54, 1.807) is 75.1 Å². The number of non-ortho nitro benzene ring substituents is 1. The first-order chi connectivity index (χ1) is 35.2. The smallest absolute Gasteiger partial charge is 0.410 e. The number of aryl methyl sites for hydroxylation is 1. The number of imidazole rings is 1. The predicted molar refractivity (Wildman–Crippen MR) is 269 cm³/mol. The maximum atomic E-state index is 15.0. The number of ketones is 2. The van der Waals surface area contributed by atoms with Crippen LogP contribution in [0.2, 0.25) is 0 Å². The number of ether oxygens (including phenoxy) is 5. The number of nitro benzene ring substituents is 1. The molecule has 7 rings (SSSR count). The summed E-state index contributed by atoms with van der Waals surface area (Å²) < 4.78 is 35.4. The maximum Gasteiger partial charge on any atom is 0.410 e. The number of hydrogen-bond acceptors (Lipinski definition) is 17. The highest BCUT2D eigenvalue weighted by molar-refractivity contribution is 6.00. The normalized spacial score (nSPS) is 31.2. The SMILES string of the molecule is CC[C@H]1OC(=O)[C@H](C)C(=O)[C@H](C)[C@@H](O[C@@H]2O[C@H](C)C[C@H](N(C)CCc3cn(Cc4ccc([N+](=O)[O-])cc4)nn3)[C@H]2O)[C@](C)(OC)C[C@@H](C)C(=O)[C@H](C)[C@H]2N(CCCCn3cnc(-c4cccnc4)c3)C(=O)O[C@]12C.